The van der Waals surface area contributed by atoms with Crippen LogP contribution in [0.4, 0.5) is 0 Å². The number of hydrogen-bond acceptors (Lipinski definition) is 3. The first-order chi connectivity index (χ1) is 8.70. The van der Waals surface area contributed by atoms with E-state index < -0.39 is 0 Å². The molecule has 0 unspecified atom stereocenters. The maximum absolute atomic E-state index is 12.3. The molecule has 0 N–H and O–H groups in total. The predicted molar refractivity (Wildman–Crippen MR) is 74.6 cm³/mol. The van der Waals surface area contributed by atoms with Crippen molar-refractivity contribution in [1.29, 1.82) is 0 Å². The number of pyridine rings is 1. The molecule has 0 bridgehead atoms. The van der Waals surface area contributed by atoms with Crippen LogP contribution in [-0.2, 0) is 0 Å². The molecular formula is C13H18BrN3O. The molecule has 1 aliphatic heterocycles. The first-order valence-corrected chi connectivity index (χ1v) is 7.13. The molecule has 0 spiro atoms. The molecule has 1 saturated heterocycles. The number of halogens is 1. The lowest BCUT2D eigenvalue weighted by atomic mass is 10.2. The molecule has 2 heterocycles. The van der Waals surface area contributed by atoms with Crippen LogP contribution in [0, 0.1) is 0 Å². The molecule has 1 fully saturated rings. The molecule has 0 radical (unpaired) electrons. The zero-order chi connectivity index (χ0) is 13.0. The van der Waals surface area contributed by atoms with E-state index in [-0.39, 0.29) is 5.91 Å². The van der Waals surface area contributed by atoms with E-state index in [2.05, 4.69) is 32.7 Å². The van der Waals surface area contributed by atoms with Gasteiger partial charge in [0.05, 0.1) is 0 Å². The summed E-state index contributed by atoms with van der Waals surface area (Å²) >= 11 is 3.29. The zero-order valence-corrected chi connectivity index (χ0v) is 12.2. The normalized spacial score (nSPS) is 16.9. The second kappa shape index (κ2) is 6.29. The van der Waals surface area contributed by atoms with Crippen LogP contribution in [0.3, 0.4) is 0 Å². The number of piperazine rings is 1. The van der Waals surface area contributed by atoms with Gasteiger partial charge in [0.1, 0.15) is 4.60 Å². The SMILES string of the molecule is CCCN1CCN(C(=O)c2ccnc(Br)c2)CC1. The molecule has 2 rings (SSSR count). The van der Waals surface area contributed by atoms with E-state index in [4.69, 9.17) is 0 Å². The molecule has 1 amide bonds. The summed E-state index contributed by atoms with van der Waals surface area (Å²) in [6.45, 7) is 6.91. The molecule has 1 aromatic rings. The monoisotopic (exact) mass is 311 g/mol. The molecule has 4 nitrogen and oxygen atoms in total. The molecule has 98 valence electrons. The molecule has 1 aliphatic rings. The Hall–Kier alpha value is -0.940. The van der Waals surface area contributed by atoms with Gasteiger partial charge in [-0.1, -0.05) is 6.92 Å². The average molecular weight is 312 g/mol. The molecule has 0 atom stereocenters. The first kappa shape index (κ1) is 13.5. The van der Waals surface area contributed by atoms with Crippen molar-refractivity contribution in [3.05, 3.63) is 28.5 Å². The number of aromatic nitrogens is 1. The maximum Gasteiger partial charge on any atom is 0.254 e. The summed E-state index contributed by atoms with van der Waals surface area (Å²) in [7, 11) is 0. The van der Waals surface area contributed by atoms with Crippen LogP contribution in [0.15, 0.2) is 22.9 Å². The van der Waals surface area contributed by atoms with Gasteiger partial charge < -0.3 is 4.90 Å². The second-order valence-corrected chi connectivity index (χ2v) is 5.31. The van der Waals surface area contributed by atoms with Gasteiger partial charge >= 0.3 is 0 Å². The Morgan fingerprint density at radius 1 is 1.39 bits per heavy atom. The van der Waals surface area contributed by atoms with Gasteiger partial charge in [-0.25, -0.2) is 4.98 Å². The van der Waals surface area contributed by atoms with Gasteiger partial charge in [0, 0.05) is 37.9 Å². The van der Waals surface area contributed by atoms with E-state index >= 15 is 0 Å². The summed E-state index contributed by atoms with van der Waals surface area (Å²) in [4.78, 5) is 20.7. The third-order valence-electron chi connectivity index (χ3n) is 3.17. The smallest absolute Gasteiger partial charge is 0.254 e. The third kappa shape index (κ3) is 3.29. The van der Waals surface area contributed by atoms with Gasteiger partial charge in [-0.15, -0.1) is 0 Å². The number of amides is 1. The summed E-state index contributed by atoms with van der Waals surface area (Å²) in [6.07, 6.45) is 2.83. The van der Waals surface area contributed by atoms with Crippen molar-refractivity contribution in [3.8, 4) is 0 Å². The van der Waals surface area contributed by atoms with Crippen LogP contribution in [0.25, 0.3) is 0 Å². The second-order valence-electron chi connectivity index (χ2n) is 4.50. The molecule has 18 heavy (non-hydrogen) atoms. The fourth-order valence-electron chi connectivity index (χ4n) is 2.21. The van der Waals surface area contributed by atoms with Crippen LogP contribution in [0.2, 0.25) is 0 Å². The van der Waals surface area contributed by atoms with Crippen LogP contribution >= 0.6 is 15.9 Å². The topological polar surface area (TPSA) is 36.4 Å². The molecule has 1 aromatic heterocycles. The van der Waals surface area contributed by atoms with Crippen molar-refractivity contribution >= 4 is 21.8 Å². The molecule has 5 heteroatoms. The lowest BCUT2D eigenvalue weighted by molar-refractivity contribution is 0.0637. The van der Waals surface area contributed by atoms with E-state index in [1.165, 1.54) is 6.42 Å². The van der Waals surface area contributed by atoms with Crippen LogP contribution in [0.5, 0.6) is 0 Å². The lowest BCUT2D eigenvalue weighted by Crippen LogP contribution is -2.48. The van der Waals surface area contributed by atoms with Gasteiger partial charge in [-0.3, -0.25) is 9.69 Å². The van der Waals surface area contributed by atoms with Crippen molar-refractivity contribution in [3.63, 3.8) is 0 Å². The van der Waals surface area contributed by atoms with Crippen LogP contribution < -0.4 is 0 Å². The Labute approximate surface area is 116 Å². The highest BCUT2D eigenvalue weighted by Crippen LogP contribution is 2.12. The minimum absolute atomic E-state index is 0.106. The van der Waals surface area contributed by atoms with Crippen molar-refractivity contribution in [2.75, 3.05) is 32.7 Å². The molecular weight excluding hydrogens is 294 g/mol. The summed E-state index contributed by atoms with van der Waals surface area (Å²) in [5.41, 5.74) is 0.709. The highest BCUT2D eigenvalue weighted by atomic mass is 79.9. The number of carbonyl (C=O) groups is 1. The maximum atomic E-state index is 12.3. The lowest BCUT2D eigenvalue weighted by Gasteiger charge is -2.34. The fraction of sp³-hybridized carbons (Fsp3) is 0.538. The highest BCUT2D eigenvalue weighted by molar-refractivity contribution is 9.10. The number of rotatable bonds is 3. The van der Waals surface area contributed by atoms with Crippen LogP contribution in [-0.4, -0.2) is 53.4 Å². The van der Waals surface area contributed by atoms with Crippen molar-refractivity contribution in [1.82, 2.24) is 14.8 Å². The number of carbonyl (C=O) groups excluding carboxylic acids is 1. The molecule has 0 aromatic carbocycles. The van der Waals surface area contributed by atoms with Gasteiger partial charge in [0.2, 0.25) is 0 Å². The summed E-state index contributed by atoms with van der Waals surface area (Å²) in [5.74, 6) is 0.106. The van der Waals surface area contributed by atoms with E-state index in [9.17, 15) is 4.79 Å². The Balaban J connectivity index is 1.95. The standard InChI is InChI=1S/C13H18BrN3O/c1-2-5-16-6-8-17(9-7-16)13(18)11-3-4-15-12(14)10-11/h3-4,10H,2,5-9H2,1H3. The van der Waals surface area contributed by atoms with Gasteiger partial charge in [0.25, 0.3) is 5.91 Å². The quantitative estimate of drug-likeness (QED) is 0.801. The van der Waals surface area contributed by atoms with E-state index in [1.807, 2.05) is 4.90 Å². The van der Waals surface area contributed by atoms with Crippen LogP contribution in [0.1, 0.15) is 23.7 Å². The summed E-state index contributed by atoms with van der Waals surface area (Å²) in [5, 5.41) is 0. The third-order valence-corrected chi connectivity index (χ3v) is 3.61. The zero-order valence-electron chi connectivity index (χ0n) is 10.6. The van der Waals surface area contributed by atoms with Gasteiger partial charge in [0.15, 0.2) is 0 Å². The first-order valence-electron chi connectivity index (χ1n) is 6.34. The number of nitrogens with zero attached hydrogens (tertiary/aromatic N) is 3. The summed E-state index contributed by atoms with van der Waals surface area (Å²) < 4.78 is 0.706. The van der Waals surface area contributed by atoms with Crippen molar-refractivity contribution in [2.24, 2.45) is 0 Å². The Bertz CT molecular complexity index is 416. The molecule has 0 saturated carbocycles. The van der Waals surface area contributed by atoms with E-state index in [1.54, 1.807) is 18.3 Å². The molecule has 0 aliphatic carbocycles. The minimum atomic E-state index is 0.106. The average Bonchev–Trinajstić information content (AvgIpc) is 2.39. The van der Waals surface area contributed by atoms with E-state index in [0.29, 0.717) is 10.2 Å². The van der Waals surface area contributed by atoms with Crippen molar-refractivity contribution < 1.29 is 4.79 Å². The van der Waals surface area contributed by atoms with Crippen molar-refractivity contribution in [2.45, 2.75) is 13.3 Å². The Kier molecular flexibility index (Phi) is 4.72. The Morgan fingerprint density at radius 3 is 2.72 bits per heavy atom. The van der Waals surface area contributed by atoms with Gasteiger partial charge in [-0.05, 0) is 41.0 Å². The minimum Gasteiger partial charge on any atom is -0.336 e. The highest BCUT2D eigenvalue weighted by Gasteiger charge is 2.21. The Morgan fingerprint density at radius 2 is 2.11 bits per heavy atom. The number of hydrogen-bond donors (Lipinski definition) is 0. The largest absolute Gasteiger partial charge is 0.336 e. The fourth-order valence-corrected chi connectivity index (χ4v) is 2.57. The predicted octanol–water partition coefficient (Wildman–Crippen LogP) is 2.01. The van der Waals surface area contributed by atoms with E-state index in [0.717, 1.165) is 32.7 Å². The van der Waals surface area contributed by atoms with Gasteiger partial charge in [-0.2, -0.15) is 0 Å². The summed E-state index contributed by atoms with van der Waals surface area (Å²) in [6, 6.07) is 3.55.